The van der Waals surface area contributed by atoms with Crippen LogP contribution >= 0.6 is 11.8 Å². The minimum atomic E-state index is -0.129. The topological polar surface area (TPSA) is 50.4 Å². The molecule has 1 amide bonds. The van der Waals surface area contributed by atoms with Crippen molar-refractivity contribution in [3.8, 4) is 0 Å². The van der Waals surface area contributed by atoms with Gasteiger partial charge in [0.1, 0.15) is 0 Å². The van der Waals surface area contributed by atoms with E-state index in [-0.39, 0.29) is 23.6 Å². The lowest BCUT2D eigenvalue weighted by atomic mass is 9.85. The first-order chi connectivity index (χ1) is 9.51. The lowest BCUT2D eigenvalue weighted by Crippen LogP contribution is -2.54. The van der Waals surface area contributed by atoms with Gasteiger partial charge >= 0.3 is 0 Å². The molecule has 0 saturated carbocycles. The van der Waals surface area contributed by atoms with Gasteiger partial charge in [-0.2, -0.15) is 11.8 Å². The number of hydrogen-bond acceptors (Lipinski definition) is 4. The van der Waals surface area contributed by atoms with E-state index in [1.165, 1.54) is 11.5 Å². The maximum absolute atomic E-state index is 12.0. The molecular formula is C15H28N2O2S. The van der Waals surface area contributed by atoms with Crippen LogP contribution in [-0.4, -0.2) is 47.7 Å². The van der Waals surface area contributed by atoms with Crippen molar-refractivity contribution in [2.75, 3.05) is 18.1 Å². The maximum Gasteiger partial charge on any atom is 0.237 e. The Hall–Kier alpha value is -0.260. The fourth-order valence-corrected chi connectivity index (χ4v) is 4.34. The second-order valence-electron chi connectivity index (χ2n) is 6.39. The van der Waals surface area contributed by atoms with Crippen LogP contribution in [0.1, 0.15) is 46.5 Å². The van der Waals surface area contributed by atoms with E-state index in [9.17, 15) is 4.79 Å². The number of rotatable bonds is 4. The molecule has 4 nitrogen and oxygen atoms in total. The van der Waals surface area contributed by atoms with Crippen LogP contribution in [0.2, 0.25) is 0 Å². The van der Waals surface area contributed by atoms with Gasteiger partial charge < -0.3 is 15.4 Å². The number of ether oxygens (including phenoxy) is 1. The van der Waals surface area contributed by atoms with Gasteiger partial charge in [-0.25, -0.2) is 0 Å². The molecule has 1 spiro atoms. The Kier molecular flexibility index (Phi) is 5.75. The number of thioether (sulfide) groups is 1. The van der Waals surface area contributed by atoms with Crippen LogP contribution < -0.4 is 10.6 Å². The average Bonchev–Trinajstić information content (AvgIpc) is 2.38. The van der Waals surface area contributed by atoms with Crippen molar-refractivity contribution in [1.29, 1.82) is 0 Å². The van der Waals surface area contributed by atoms with Crippen LogP contribution in [-0.2, 0) is 9.53 Å². The van der Waals surface area contributed by atoms with Crippen molar-refractivity contribution in [1.82, 2.24) is 10.6 Å². The lowest BCUT2D eigenvalue weighted by Gasteiger charge is -2.44. The van der Waals surface area contributed by atoms with E-state index in [0.29, 0.717) is 6.04 Å². The van der Waals surface area contributed by atoms with E-state index in [0.717, 1.165) is 32.3 Å². The Morgan fingerprint density at radius 2 is 2.00 bits per heavy atom. The highest BCUT2D eigenvalue weighted by atomic mass is 32.2. The number of carbonyl (C=O) groups excluding carboxylic acids is 1. The summed E-state index contributed by atoms with van der Waals surface area (Å²) >= 11 is 2.02. The fourth-order valence-electron chi connectivity index (χ4n) is 3.10. The second kappa shape index (κ2) is 7.14. The molecule has 2 N–H and O–H groups in total. The van der Waals surface area contributed by atoms with Gasteiger partial charge in [0.2, 0.25) is 5.91 Å². The summed E-state index contributed by atoms with van der Waals surface area (Å²) in [5.41, 5.74) is 0.0788. The number of hydrogen-bond donors (Lipinski definition) is 2. The Bertz CT molecular complexity index is 324. The Labute approximate surface area is 126 Å². The fraction of sp³-hybridized carbons (Fsp3) is 0.933. The summed E-state index contributed by atoms with van der Waals surface area (Å²) in [6, 6.07) is 0.471. The summed E-state index contributed by atoms with van der Waals surface area (Å²) in [6.45, 7) is 6.76. The molecular weight excluding hydrogens is 272 g/mol. The minimum Gasteiger partial charge on any atom is -0.375 e. The van der Waals surface area contributed by atoms with Crippen molar-refractivity contribution >= 4 is 17.7 Å². The van der Waals surface area contributed by atoms with Gasteiger partial charge in [-0.05, 0) is 58.0 Å². The number of amides is 1. The zero-order valence-corrected chi connectivity index (χ0v) is 13.7. The normalized spacial score (nSPS) is 27.5. The molecule has 2 fully saturated rings. The molecule has 0 aromatic carbocycles. The van der Waals surface area contributed by atoms with E-state index in [1.54, 1.807) is 0 Å². The van der Waals surface area contributed by atoms with Crippen LogP contribution in [0, 0.1) is 0 Å². The van der Waals surface area contributed by atoms with Crippen LogP contribution in [0.3, 0.4) is 0 Å². The van der Waals surface area contributed by atoms with Crippen LogP contribution in [0.4, 0.5) is 0 Å². The van der Waals surface area contributed by atoms with Gasteiger partial charge in [0.15, 0.2) is 0 Å². The minimum absolute atomic E-state index is 0.0788. The molecule has 0 radical (unpaired) electrons. The van der Waals surface area contributed by atoms with Crippen molar-refractivity contribution in [3.05, 3.63) is 0 Å². The van der Waals surface area contributed by atoms with Crippen molar-refractivity contribution in [2.45, 2.75) is 70.2 Å². The first kappa shape index (κ1) is 16.1. The monoisotopic (exact) mass is 300 g/mol. The second-order valence-corrected chi connectivity index (χ2v) is 7.61. The molecule has 2 unspecified atom stereocenters. The van der Waals surface area contributed by atoms with E-state index in [4.69, 9.17) is 4.74 Å². The molecule has 0 aliphatic carbocycles. The van der Waals surface area contributed by atoms with E-state index >= 15 is 0 Å². The number of carbonyl (C=O) groups is 1. The average molecular weight is 300 g/mol. The summed E-state index contributed by atoms with van der Waals surface area (Å²) in [5, 5.41) is 6.46. The Morgan fingerprint density at radius 1 is 1.30 bits per heavy atom. The molecule has 2 aliphatic heterocycles. The third-order valence-electron chi connectivity index (χ3n) is 4.21. The molecule has 116 valence electrons. The van der Waals surface area contributed by atoms with E-state index in [1.807, 2.05) is 32.5 Å². The summed E-state index contributed by atoms with van der Waals surface area (Å²) in [6.07, 6.45) is 4.37. The molecule has 20 heavy (non-hydrogen) atoms. The molecule has 0 bridgehead atoms. The summed E-state index contributed by atoms with van der Waals surface area (Å²) in [7, 11) is 0. The van der Waals surface area contributed by atoms with Gasteiger partial charge in [-0.3, -0.25) is 4.79 Å². The third-order valence-corrected chi connectivity index (χ3v) is 5.19. The van der Waals surface area contributed by atoms with E-state index in [2.05, 4.69) is 10.6 Å². The van der Waals surface area contributed by atoms with Gasteiger partial charge in [0.25, 0.3) is 0 Å². The SMILES string of the molecule is CC(C)NC(=O)C(C)NC1CCOC2(CCSCC2)C1. The van der Waals surface area contributed by atoms with Gasteiger partial charge in [0, 0.05) is 18.7 Å². The summed E-state index contributed by atoms with van der Waals surface area (Å²) in [5.74, 6) is 2.51. The van der Waals surface area contributed by atoms with Crippen molar-refractivity contribution in [2.24, 2.45) is 0 Å². The maximum atomic E-state index is 12.0. The van der Waals surface area contributed by atoms with Crippen molar-refractivity contribution < 1.29 is 9.53 Å². The lowest BCUT2D eigenvalue weighted by molar-refractivity contribution is -0.125. The molecule has 2 heterocycles. The van der Waals surface area contributed by atoms with E-state index < -0.39 is 0 Å². The molecule has 0 aromatic rings. The van der Waals surface area contributed by atoms with Crippen molar-refractivity contribution in [3.63, 3.8) is 0 Å². The Balaban J connectivity index is 1.84. The highest BCUT2D eigenvalue weighted by molar-refractivity contribution is 7.99. The molecule has 2 aliphatic rings. The zero-order chi connectivity index (χ0) is 14.6. The first-order valence-corrected chi connectivity index (χ1v) is 8.94. The van der Waals surface area contributed by atoms with Crippen LogP contribution in [0.15, 0.2) is 0 Å². The summed E-state index contributed by atoms with van der Waals surface area (Å²) < 4.78 is 6.09. The molecule has 2 atom stereocenters. The molecule has 2 rings (SSSR count). The smallest absolute Gasteiger partial charge is 0.237 e. The van der Waals surface area contributed by atoms with Gasteiger partial charge in [-0.1, -0.05) is 0 Å². The Morgan fingerprint density at radius 3 is 2.65 bits per heavy atom. The molecule has 5 heteroatoms. The predicted molar refractivity (Wildman–Crippen MR) is 84.1 cm³/mol. The van der Waals surface area contributed by atoms with Crippen LogP contribution in [0.5, 0.6) is 0 Å². The molecule has 2 saturated heterocycles. The standard InChI is InChI=1S/C15H28N2O2S/c1-11(2)16-14(18)12(3)17-13-4-7-19-15(10-13)5-8-20-9-6-15/h11-13,17H,4-10H2,1-3H3,(H,16,18). The van der Waals surface area contributed by atoms with Crippen LogP contribution in [0.25, 0.3) is 0 Å². The summed E-state index contributed by atoms with van der Waals surface area (Å²) in [4.78, 5) is 12.0. The zero-order valence-electron chi connectivity index (χ0n) is 12.9. The largest absolute Gasteiger partial charge is 0.375 e. The highest BCUT2D eigenvalue weighted by Gasteiger charge is 2.39. The highest BCUT2D eigenvalue weighted by Crippen LogP contribution is 2.37. The first-order valence-electron chi connectivity index (χ1n) is 7.79. The third kappa shape index (κ3) is 4.37. The number of nitrogens with one attached hydrogen (secondary N) is 2. The predicted octanol–water partition coefficient (Wildman–Crippen LogP) is 1.93. The quantitative estimate of drug-likeness (QED) is 0.833. The van der Waals surface area contributed by atoms with Gasteiger partial charge in [-0.15, -0.1) is 0 Å². The molecule has 0 aromatic heterocycles. The van der Waals surface area contributed by atoms with Gasteiger partial charge in [0.05, 0.1) is 11.6 Å².